The van der Waals surface area contributed by atoms with Gasteiger partial charge in [-0.3, -0.25) is 0 Å². The highest BCUT2D eigenvalue weighted by Gasteiger charge is 2.45. The lowest BCUT2D eigenvalue weighted by atomic mass is 9.73. The average Bonchev–Trinajstić information content (AvgIpc) is 2.89. The Balaban J connectivity index is 1.63. The second kappa shape index (κ2) is 5.95. The molecule has 0 amide bonds. The second-order valence-corrected chi connectivity index (χ2v) is 9.61. The van der Waals surface area contributed by atoms with Gasteiger partial charge in [-0.1, -0.05) is 62.4 Å². The van der Waals surface area contributed by atoms with Crippen LogP contribution in [0.2, 0.25) is 0 Å². The van der Waals surface area contributed by atoms with Crippen molar-refractivity contribution in [3.63, 3.8) is 0 Å². The van der Waals surface area contributed by atoms with Gasteiger partial charge in [0.05, 0.1) is 0 Å². The van der Waals surface area contributed by atoms with Gasteiger partial charge in [-0.2, -0.15) is 0 Å². The number of benzene rings is 3. The minimum atomic E-state index is 0.222. The lowest BCUT2D eigenvalue weighted by Crippen LogP contribution is -2.25. The summed E-state index contributed by atoms with van der Waals surface area (Å²) in [5.41, 5.74) is 6.03. The van der Waals surface area contributed by atoms with Crippen LogP contribution in [0.15, 0.2) is 66.7 Å². The van der Waals surface area contributed by atoms with Crippen molar-refractivity contribution in [2.75, 3.05) is 0 Å². The van der Waals surface area contributed by atoms with Crippen molar-refractivity contribution in [3.8, 4) is 11.1 Å². The molecule has 0 saturated carbocycles. The van der Waals surface area contributed by atoms with E-state index in [0.29, 0.717) is 11.8 Å². The van der Waals surface area contributed by atoms with Crippen LogP contribution in [0, 0.1) is 9.49 Å². The highest BCUT2D eigenvalue weighted by molar-refractivity contribution is 14.1. The molecule has 0 fully saturated rings. The van der Waals surface area contributed by atoms with E-state index in [1.54, 1.807) is 11.1 Å². The third-order valence-electron chi connectivity index (χ3n) is 6.54. The Labute approximate surface area is 169 Å². The summed E-state index contributed by atoms with van der Waals surface area (Å²) in [6.45, 7) is 4.86. The Kier molecular flexibility index (Phi) is 3.79. The molecule has 0 heterocycles. The first-order valence-corrected chi connectivity index (χ1v) is 10.6. The molecule has 0 bridgehead atoms. The van der Waals surface area contributed by atoms with E-state index in [1.807, 2.05) is 0 Å². The van der Waals surface area contributed by atoms with E-state index in [1.165, 1.54) is 38.3 Å². The Morgan fingerprint density at radius 3 is 2.50 bits per heavy atom. The van der Waals surface area contributed by atoms with Crippen molar-refractivity contribution in [1.82, 2.24) is 0 Å². The molecule has 2 aliphatic rings. The van der Waals surface area contributed by atoms with Gasteiger partial charge in [-0.25, -0.2) is 0 Å². The Morgan fingerprint density at radius 1 is 0.885 bits per heavy atom. The van der Waals surface area contributed by atoms with Crippen LogP contribution in [0.25, 0.3) is 21.9 Å². The molecule has 0 aromatic heterocycles. The van der Waals surface area contributed by atoms with Gasteiger partial charge in [0.25, 0.3) is 0 Å². The third kappa shape index (κ3) is 2.47. The van der Waals surface area contributed by atoms with Crippen LogP contribution < -0.4 is 0 Å². The molecule has 0 aliphatic heterocycles. The van der Waals surface area contributed by atoms with Gasteiger partial charge >= 0.3 is 0 Å². The predicted molar refractivity (Wildman–Crippen MR) is 120 cm³/mol. The maximum Gasteiger partial charge on any atom is 0.0136 e. The van der Waals surface area contributed by atoms with Crippen LogP contribution in [0.4, 0.5) is 0 Å². The van der Waals surface area contributed by atoms with E-state index in [2.05, 4.69) is 103 Å². The van der Waals surface area contributed by atoms with E-state index < -0.39 is 0 Å². The van der Waals surface area contributed by atoms with E-state index in [-0.39, 0.29) is 5.41 Å². The predicted octanol–water partition coefficient (Wildman–Crippen LogP) is 7.45. The third-order valence-corrected chi connectivity index (χ3v) is 7.21. The molecule has 26 heavy (non-hydrogen) atoms. The minimum Gasteiger partial charge on any atom is -0.0882 e. The van der Waals surface area contributed by atoms with Crippen LogP contribution in [-0.4, -0.2) is 0 Å². The van der Waals surface area contributed by atoms with Crippen LogP contribution in [0.5, 0.6) is 0 Å². The quantitative estimate of drug-likeness (QED) is 0.267. The monoisotopic (exact) mass is 450 g/mol. The fourth-order valence-corrected chi connectivity index (χ4v) is 5.63. The number of allylic oxidation sites excluding steroid dienone is 2. The average molecular weight is 450 g/mol. The van der Waals surface area contributed by atoms with Gasteiger partial charge in [0.2, 0.25) is 0 Å². The summed E-state index contributed by atoms with van der Waals surface area (Å²) in [5.74, 6) is 1.36. The molecule has 2 aliphatic carbocycles. The number of fused-ring (bicyclic) bond motifs is 4. The molecule has 0 spiro atoms. The SMILES string of the molecule is CC1(C)c2cc(-c3ccc4cc(I)ccc4c3)ccc2C2CCC=C[C@@H]21. The smallest absolute Gasteiger partial charge is 0.0136 e. The van der Waals surface area contributed by atoms with E-state index in [4.69, 9.17) is 0 Å². The highest BCUT2D eigenvalue weighted by atomic mass is 127. The summed E-state index contributed by atoms with van der Waals surface area (Å²) in [6, 6.07) is 20.8. The summed E-state index contributed by atoms with van der Waals surface area (Å²) >= 11 is 2.38. The summed E-state index contributed by atoms with van der Waals surface area (Å²) in [7, 11) is 0. The maximum atomic E-state index is 2.48. The van der Waals surface area contributed by atoms with Crippen molar-refractivity contribution >= 4 is 33.4 Å². The zero-order chi connectivity index (χ0) is 17.9. The summed E-state index contributed by atoms with van der Waals surface area (Å²) < 4.78 is 1.29. The molecular formula is C25H23I. The maximum absolute atomic E-state index is 2.48. The van der Waals surface area contributed by atoms with E-state index in [0.717, 1.165) is 0 Å². The number of hydrogen-bond donors (Lipinski definition) is 0. The normalized spacial score (nSPS) is 23.0. The molecule has 0 radical (unpaired) electrons. The van der Waals surface area contributed by atoms with Crippen LogP contribution in [-0.2, 0) is 5.41 Å². The lowest BCUT2D eigenvalue weighted by molar-refractivity contribution is 0.347. The Bertz CT molecular complexity index is 1040. The molecule has 0 saturated heterocycles. The van der Waals surface area contributed by atoms with Crippen molar-refractivity contribution in [1.29, 1.82) is 0 Å². The number of rotatable bonds is 1. The summed E-state index contributed by atoms with van der Waals surface area (Å²) in [4.78, 5) is 0. The largest absolute Gasteiger partial charge is 0.0882 e. The standard InChI is InChI=1S/C25H23I/c1-25(2)23-6-4-3-5-21(23)22-12-10-19(15-24(22)25)16-7-8-18-14-20(26)11-9-17(18)13-16/h4,6-15,21,23H,3,5H2,1-2H3/t21?,23-/m0/s1. The molecule has 0 N–H and O–H groups in total. The molecule has 3 aromatic carbocycles. The Hall–Kier alpha value is -1.61. The fraction of sp³-hybridized carbons (Fsp3) is 0.280. The first-order valence-electron chi connectivity index (χ1n) is 9.55. The lowest BCUT2D eigenvalue weighted by Gasteiger charge is -2.31. The molecule has 1 heteroatoms. The molecule has 5 rings (SSSR count). The van der Waals surface area contributed by atoms with E-state index in [9.17, 15) is 0 Å². The number of hydrogen-bond acceptors (Lipinski definition) is 0. The van der Waals surface area contributed by atoms with Crippen molar-refractivity contribution in [3.05, 3.63) is 81.4 Å². The van der Waals surface area contributed by atoms with Gasteiger partial charge < -0.3 is 0 Å². The summed E-state index contributed by atoms with van der Waals surface area (Å²) in [6.07, 6.45) is 7.39. The zero-order valence-electron chi connectivity index (χ0n) is 15.3. The minimum absolute atomic E-state index is 0.222. The summed E-state index contributed by atoms with van der Waals surface area (Å²) in [5, 5.41) is 2.64. The van der Waals surface area contributed by atoms with Crippen LogP contribution in [0.1, 0.15) is 43.7 Å². The molecule has 0 nitrogen and oxygen atoms in total. The number of halogens is 1. The van der Waals surface area contributed by atoms with Gasteiger partial charge in [0.1, 0.15) is 0 Å². The van der Waals surface area contributed by atoms with Crippen LogP contribution >= 0.6 is 22.6 Å². The molecule has 1 unspecified atom stereocenters. The van der Waals surface area contributed by atoms with Gasteiger partial charge in [-0.05, 0) is 104 Å². The second-order valence-electron chi connectivity index (χ2n) is 8.37. The van der Waals surface area contributed by atoms with Crippen LogP contribution in [0.3, 0.4) is 0 Å². The fourth-order valence-electron chi connectivity index (χ4n) is 5.12. The van der Waals surface area contributed by atoms with Gasteiger partial charge in [0, 0.05) is 3.57 Å². The first kappa shape index (κ1) is 16.6. The molecule has 2 atom stereocenters. The highest BCUT2D eigenvalue weighted by Crippen LogP contribution is 2.54. The first-order chi connectivity index (χ1) is 12.5. The molecule has 130 valence electrons. The topological polar surface area (TPSA) is 0 Å². The van der Waals surface area contributed by atoms with Gasteiger partial charge in [0.15, 0.2) is 0 Å². The van der Waals surface area contributed by atoms with Gasteiger partial charge in [-0.15, -0.1) is 0 Å². The molecular weight excluding hydrogens is 427 g/mol. The van der Waals surface area contributed by atoms with Crippen molar-refractivity contribution in [2.45, 2.75) is 38.0 Å². The van der Waals surface area contributed by atoms with Crippen molar-refractivity contribution in [2.24, 2.45) is 5.92 Å². The zero-order valence-corrected chi connectivity index (χ0v) is 17.5. The van der Waals surface area contributed by atoms with E-state index >= 15 is 0 Å². The van der Waals surface area contributed by atoms with Crippen molar-refractivity contribution < 1.29 is 0 Å². The molecule has 3 aromatic rings. The Morgan fingerprint density at radius 2 is 1.62 bits per heavy atom.